The summed E-state index contributed by atoms with van der Waals surface area (Å²) in [5, 5.41) is 8.81. The lowest BCUT2D eigenvalue weighted by Crippen LogP contribution is -1.99. The zero-order valence-corrected chi connectivity index (χ0v) is 9.88. The summed E-state index contributed by atoms with van der Waals surface area (Å²) >= 11 is 0. The normalized spacial score (nSPS) is 10.5. The molecular weight excluding hydrogens is 257 g/mol. The Labute approximate surface area is 107 Å². The molecule has 0 saturated heterocycles. The molecule has 0 amide bonds. The molecular formula is C14H9F3O2. The summed E-state index contributed by atoms with van der Waals surface area (Å²) in [5.41, 5.74) is -0.398. The first-order valence-corrected chi connectivity index (χ1v) is 5.39. The summed E-state index contributed by atoms with van der Waals surface area (Å²) < 4.78 is 40.5. The first kappa shape index (κ1) is 13.1. The van der Waals surface area contributed by atoms with E-state index in [4.69, 9.17) is 5.11 Å². The van der Waals surface area contributed by atoms with Crippen molar-refractivity contribution in [2.45, 2.75) is 6.92 Å². The molecule has 0 bridgehead atoms. The van der Waals surface area contributed by atoms with Crippen molar-refractivity contribution in [3.8, 4) is 11.1 Å². The van der Waals surface area contributed by atoms with Crippen molar-refractivity contribution in [2.75, 3.05) is 0 Å². The van der Waals surface area contributed by atoms with Gasteiger partial charge in [-0.15, -0.1) is 0 Å². The molecule has 0 aliphatic heterocycles. The van der Waals surface area contributed by atoms with Gasteiger partial charge < -0.3 is 5.11 Å². The number of carboxylic acids is 1. The van der Waals surface area contributed by atoms with Crippen LogP contribution in [0, 0.1) is 24.4 Å². The molecule has 2 aromatic carbocycles. The maximum absolute atomic E-state index is 13.8. The molecule has 0 fully saturated rings. The molecule has 0 saturated carbocycles. The minimum absolute atomic E-state index is 0.0196. The van der Waals surface area contributed by atoms with Crippen LogP contribution >= 0.6 is 0 Å². The van der Waals surface area contributed by atoms with Crippen molar-refractivity contribution in [2.24, 2.45) is 0 Å². The number of rotatable bonds is 2. The van der Waals surface area contributed by atoms with Crippen LogP contribution in [0.3, 0.4) is 0 Å². The fourth-order valence-corrected chi connectivity index (χ4v) is 1.74. The highest BCUT2D eigenvalue weighted by Crippen LogP contribution is 2.27. The number of benzene rings is 2. The number of aromatic carboxylic acids is 1. The van der Waals surface area contributed by atoms with Crippen LogP contribution in [0.25, 0.3) is 11.1 Å². The topological polar surface area (TPSA) is 37.3 Å². The van der Waals surface area contributed by atoms with Crippen molar-refractivity contribution < 1.29 is 23.1 Å². The Kier molecular flexibility index (Phi) is 3.29. The van der Waals surface area contributed by atoms with Crippen LogP contribution < -0.4 is 0 Å². The molecule has 0 aliphatic carbocycles. The van der Waals surface area contributed by atoms with Crippen molar-refractivity contribution in [3.05, 3.63) is 58.9 Å². The van der Waals surface area contributed by atoms with Crippen molar-refractivity contribution >= 4 is 5.97 Å². The van der Waals surface area contributed by atoms with Gasteiger partial charge in [-0.3, -0.25) is 0 Å². The van der Waals surface area contributed by atoms with Crippen LogP contribution in [0.1, 0.15) is 15.9 Å². The van der Waals surface area contributed by atoms with Gasteiger partial charge in [0, 0.05) is 5.56 Å². The van der Waals surface area contributed by atoms with Gasteiger partial charge in [0.15, 0.2) is 11.6 Å². The Bertz CT molecular complexity index is 666. The zero-order chi connectivity index (χ0) is 14.2. The number of hydrogen-bond donors (Lipinski definition) is 1. The van der Waals surface area contributed by atoms with Gasteiger partial charge in [-0.2, -0.15) is 0 Å². The van der Waals surface area contributed by atoms with E-state index in [1.807, 2.05) is 0 Å². The van der Waals surface area contributed by atoms with Crippen molar-refractivity contribution in [1.82, 2.24) is 0 Å². The maximum Gasteiger partial charge on any atom is 0.335 e. The number of carboxylic acid groups (broad SMARTS) is 1. The van der Waals surface area contributed by atoms with Crippen molar-refractivity contribution in [1.29, 1.82) is 0 Å². The summed E-state index contributed by atoms with van der Waals surface area (Å²) in [6.07, 6.45) is 0. The largest absolute Gasteiger partial charge is 0.478 e. The second-order valence-electron chi connectivity index (χ2n) is 4.09. The molecule has 0 heterocycles. The van der Waals surface area contributed by atoms with Gasteiger partial charge >= 0.3 is 5.97 Å². The summed E-state index contributed by atoms with van der Waals surface area (Å²) in [6.45, 7) is 1.40. The van der Waals surface area contributed by atoms with Gasteiger partial charge in [0.2, 0.25) is 0 Å². The third-order valence-corrected chi connectivity index (χ3v) is 2.73. The summed E-state index contributed by atoms with van der Waals surface area (Å²) in [6, 6.07) is 5.50. The molecule has 5 heteroatoms. The molecule has 0 unspecified atom stereocenters. The van der Waals surface area contributed by atoms with Crippen LogP contribution in [-0.4, -0.2) is 11.1 Å². The Balaban J connectivity index is 2.65. The van der Waals surface area contributed by atoms with Gasteiger partial charge in [0.05, 0.1) is 5.56 Å². The molecule has 0 atom stereocenters. The van der Waals surface area contributed by atoms with Crippen LogP contribution in [0.4, 0.5) is 13.2 Å². The summed E-state index contributed by atoms with van der Waals surface area (Å²) in [7, 11) is 0. The maximum atomic E-state index is 13.8. The average Bonchev–Trinajstić information content (AvgIpc) is 2.35. The lowest BCUT2D eigenvalue weighted by atomic mass is 10.0. The van der Waals surface area contributed by atoms with Gasteiger partial charge in [-0.1, -0.05) is 12.1 Å². The molecule has 98 valence electrons. The Morgan fingerprint density at radius 3 is 2.37 bits per heavy atom. The van der Waals surface area contributed by atoms with Crippen molar-refractivity contribution in [3.63, 3.8) is 0 Å². The second-order valence-corrected chi connectivity index (χ2v) is 4.09. The standard InChI is InChI=1S/C14H9F3O2/c1-7-2-3-11(13(17)12(7)16)8-4-9(14(18)19)6-10(15)5-8/h2-6H,1H3,(H,18,19). The van der Waals surface area contributed by atoms with Gasteiger partial charge in [0.1, 0.15) is 5.82 Å². The van der Waals surface area contributed by atoms with Gasteiger partial charge in [-0.05, 0) is 36.2 Å². The molecule has 1 N–H and O–H groups in total. The van der Waals surface area contributed by atoms with Crippen LogP contribution in [0.5, 0.6) is 0 Å². The highest BCUT2D eigenvalue weighted by molar-refractivity contribution is 5.89. The SMILES string of the molecule is Cc1ccc(-c2cc(F)cc(C(=O)O)c2)c(F)c1F. The number of carbonyl (C=O) groups is 1. The van der Waals surface area contributed by atoms with Crippen LogP contribution in [0.15, 0.2) is 30.3 Å². The lowest BCUT2D eigenvalue weighted by molar-refractivity contribution is 0.0696. The first-order valence-electron chi connectivity index (χ1n) is 5.39. The van der Waals surface area contributed by atoms with E-state index < -0.39 is 23.4 Å². The molecule has 0 aromatic heterocycles. The molecule has 2 nitrogen and oxygen atoms in total. The quantitative estimate of drug-likeness (QED) is 0.898. The Morgan fingerprint density at radius 2 is 1.74 bits per heavy atom. The molecule has 0 spiro atoms. The van der Waals surface area contributed by atoms with E-state index >= 15 is 0 Å². The molecule has 0 aliphatic rings. The fraction of sp³-hybridized carbons (Fsp3) is 0.0714. The number of halogens is 3. The van der Waals surface area contributed by atoms with E-state index in [-0.39, 0.29) is 22.3 Å². The number of hydrogen-bond acceptors (Lipinski definition) is 1. The third-order valence-electron chi connectivity index (χ3n) is 2.73. The first-order chi connectivity index (χ1) is 8.90. The van der Waals surface area contributed by atoms with Gasteiger partial charge in [0.25, 0.3) is 0 Å². The highest BCUT2D eigenvalue weighted by atomic mass is 19.2. The predicted octanol–water partition coefficient (Wildman–Crippen LogP) is 3.78. The molecule has 0 radical (unpaired) electrons. The fourth-order valence-electron chi connectivity index (χ4n) is 1.74. The Morgan fingerprint density at radius 1 is 1.05 bits per heavy atom. The van der Waals surface area contributed by atoms with Crippen LogP contribution in [0.2, 0.25) is 0 Å². The minimum Gasteiger partial charge on any atom is -0.478 e. The minimum atomic E-state index is -1.34. The molecule has 2 rings (SSSR count). The van der Waals surface area contributed by atoms with Crippen LogP contribution in [-0.2, 0) is 0 Å². The van der Waals surface area contributed by atoms with E-state index in [1.165, 1.54) is 19.1 Å². The van der Waals surface area contributed by atoms with E-state index in [0.717, 1.165) is 18.2 Å². The molecule has 2 aromatic rings. The second kappa shape index (κ2) is 4.76. The predicted molar refractivity (Wildman–Crippen MR) is 63.4 cm³/mol. The van der Waals surface area contributed by atoms with Gasteiger partial charge in [-0.25, -0.2) is 18.0 Å². The van der Waals surface area contributed by atoms with E-state index in [0.29, 0.717) is 0 Å². The number of aryl methyl sites for hydroxylation is 1. The highest BCUT2D eigenvalue weighted by Gasteiger charge is 2.15. The summed E-state index contributed by atoms with van der Waals surface area (Å²) in [5.74, 6) is -4.32. The Hall–Kier alpha value is -2.30. The molecule has 19 heavy (non-hydrogen) atoms. The van der Waals surface area contributed by atoms with E-state index in [1.54, 1.807) is 0 Å². The van der Waals surface area contributed by atoms with E-state index in [9.17, 15) is 18.0 Å². The zero-order valence-electron chi connectivity index (χ0n) is 9.88. The third kappa shape index (κ3) is 2.45. The lowest BCUT2D eigenvalue weighted by Gasteiger charge is -2.07. The monoisotopic (exact) mass is 266 g/mol. The smallest absolute Gasteiger partial charge is 0.335 e. The van der Waals surface area contributed by atoms with E-state index in [2.05, 4.69) is 0 Å². The summed E-state index contributed by atoms with van der Waals surface area (Å²) in [4.78, 5) is 10.8. The average molecular weight is 266 g/mol.